The van der Waals surface area contributed by atoms with Crippen LogP contribution in [-0.2, 0) is 4.79 Å². The first kappa shape index (κ1) is 19.0. The van der Waals surface area contributed by atoms with Gasteiger partial charge in [0.15, 0.2) is 5.16 Å². The van der Waals surface area contributed by atoms with Crippen LogP contribution < -0.4 is 10.3 Å². The topological polar surface area (TPSA) is 73.4 Å². The molecule has 2 N–H and O–H groups in total. The number of carbonyl (C=O) groups is 1. The Bertz CT molecular complexity index is 883. The zero-order valence-corrected chi connectivity index (χ0v) is 16.3. The molecule has 0 spiro atoms. The SMILES string of the molecule is CCN(CC)c1ccc(C=NNC(=O)CSc2nc3ccccc3[nH]2)cc1. The Morgan fingerprint density at radius 1 is 1.19 bits per heavy atom. The van der Waals surface area contributed by atoms with Gasteiger partial charge in [-0.15, -0.1) is 0 Å². The van der Waals surface area contributed by atoms with Gasteiger partial charge in [-0.25, -0.2) is 10.4 Å². The number of imidazole rings is 1. The molecular weight excluding hydrogens is 358 g/mol. The molecule has 2 aromatic carbocycles. The second-order valence-electron chi connectivity index (χ2n) is 5.90. The lowest BCUT2D eigenvalue weighted by Crippen LogP contribution is -2.21. The van der Waals surface area contributed by atoms with E-state index in [-0.39, 0.29) is 11.7 Å². The van der Waals surface area contributed by atoms with Crippen LogP contribution in [0.4, 0.5) is 5.69 Å². The highest BCUT2D eigenvalue weighted by Gasteiger charge is 2.06. The van der Waals surface area contributed by atoms with Crippen molar-refractivity contribution in [1.82, 2.24) is 15.4 Å². The van der Waals surface area contributed by atoms with Gasteiger partial charge in [0.05, 0.1) is 23.0 Å². The molecule has 3 aromatic rings. The van der Waals surface area contributed by atoms with Gasteiger partial charge in [0.25, 0.3) is 5.91 Å². The molecule has 0 radical (unpaired) electrons. The molecular formula is C20H23N5OS. The molecule has 1 aromatic heterocycles. The number of H-pyrrole nitrogens is 1. The zero-order chi connectivity index (χ0) is 19.1. The van der Waals surface area contributed by atoms with Crippen molar-refractivity contribution < 1.29 is 4.79 Å². The van der Waals surface area contributed by atoms with Gasteiger partial charge in [-0.1, -0.05) is 36.0 Å². The third-order valence-electron chi connectivity index (χ3n) is 4.13. The summed E-state index contributed by atoms with van der Waals surface area (Å²) in [7, 11) is 0. The van der Waals surface area contributed by atoms with Gasteiger partial charge in [-0.2, -0.15) is 5.10 Å². The van der Waals surface area contributed by atoms with Crippen LogP contribution in [0, 0.1) is 0 Å². The number of nitrogens with one attached hydrogen (secondary N) is 2. The lowest BCUT2D eigenvalue weighted by molar-refractivity contribution is -0.118. The summed E-state index contributed by atoms with van der Waals surface area (Å²) in [4.78, 5) is 21.8. The summed E-state index contributed by atoms with van der Waals surface area (Å²) in [6.45, 7) is 6.22. The summed E-state index contributed by atoms with van der Waals surface area (Å²) >= 11 is 1.35. The van der Waals surface area contributed by atoms with Gasteiger partial charge in [-0.05, 0) is 43.7 Å². The van der Waals surface area contributed by atoms with Crippen molar-refractivity contribution in [3.8, 4) is 0 Å². The van der Waals surface area contributed by atoms with E-state index in [0.29, 0.717) is 0 Å². The number of hydrogen-bond acceptors (Lipinski definition) is 5. The number of rotatable bonds is 8. The number of aromatic amines is 1. The van der Waals surface area contributed by atoms with Gasteiger partial charge in [0.1, 0.15) is 0 Å². The molecule has 7 heteroatoms. The first-order valence-corrected chi connectivity index (χ1v) is 9.92. The molecule has 140 valence electrons. The number of fused-ring (bicyclic) bond motifs is 1. The number of carbonyl (C=O) groups excluding carboxylic acids is 1. The number of benzene rings is 2. The van der Waals surface area contributed by atoms with Crippen LogP contribution in [0.1, 0.15) is 19.4 Å². The second kappa shape index (κ2) is 9.23. The Hall–Kier alpha value is -2.80. The van der Waals surface area contributed by atoms with Crippen LogP contribution in [0.15, 0.2) is 58.8 Å². The lowest BCUT2D eigenvalue weighted by atomic mass is 10.2. The molecule has 0 aliphatic carbocycles. The quantitative estimate of drug-likeness (QED) is 0.355. The molecule has 0 saturated carbocycles. The first-order valence-electron chi connectivity index (χ1n) is 8.94. The smallest absolute Gasteiger partial charge is 0.250 e. The normalized spacial score (nSPS) is 11.2. The second-order valence-corrected chi connectivity index (χ2v) is 6.87. The maximum Gasteiger partial charge on any atom is 0.250 e. The van der Waals surface area contributed by atoms with E-state index >= 15 is 0 Å². The summed E-state index contributed by atoms with van der Waals surface area (Å²) < 4.78 is 0. The maximum absolute atomic E-state index is 11.9. The van der Waals surface area contributed by atoms with E-state index in [9.17, 15) is 4.79 Å². The number of anilines is 1. The average Bonchev–Trinajstić information content (AvgIpc) is 3.11. The molecule has 0 unspecified atom stereocenters. The monoisotopic (exact) mass is 381 g/mol. The van der Waals surface area contributed by atoms with E-state index in [1.165, 1.54) is 17.4 Å². The molecule has 6 nitrogen and oxygen atoms in total. The van der Waals surface area contributed by atoms with Crippen molar-refractivity contribution in [2.45, 2.75) is 19.0 Å². The predicted octanol–water partition coefficient (Wildman–Crippen LogP) is 3.65. The minimum Gasteiger partial charge on any atom is -0.372 e. The summed E-state index contributed by atoms with van der Waals surface area (Å²) in [6, 6.07) is 15.9. The molecule has 1 heterocycles. The summed E-state index contributed by atoms with van der Waals surface area (Å²) in [5, 5.41) is 4.75. The van der Waals surface area contributed by atoms with Crippen molar-refractivity contribution in [2.75, 3.05) is 23.7 Å². The number of thioether (sulfide) groups is 1. The van der Waals surface area contributed by atoms with Crippen molar-refractivity contribution in [3.63, 3.8) is 0 Å². The molecule has 0 aliphatic rings. The molecule has 0 atom stereocenters. The minimum absolute atomic E-state index is 0.170. The highest BCUT2D eigenvalue weighted by Crippen LogP contribution is 2.18. The number of nitrogens with zero attached hydrogens (tertiary/aromatic N) is 3. The predicted molar refractivity (Wildman–Crippen MR) is 113 cm³/mol. The number of aromatic nitrogens is 2. The van der Waals surface area contributed by atoms with E-state index in [1.807, 2.05) is 36.4 Å². The van der Waals surface area contributed by atoms with Crippen molar-refractivity contribution in [1.29, 1.82) is 0 Å². The van der Waals surface area contributed by atoms with Gasteiger partial charge in [0, 0.05) is 18.8 Å². The van der Waals surface area contributed by atoms with Crippen molar-refractivity contribution in [3.05, 3.63) is 54.1 Å². The van der Waals surface area contributed by atoms with Crippen LogP contribution in [-0.4, -0.2) is 40.9 Å². The van der Waals surface area contributed by atoms with E-state index < -0.39 is 0 Å². The number of amides is 1. The molecule has 0 fully saturated rings. The van der Waals surface area contributed by atoms with E-state index in [1.54, 1.807) is 6.21 Å². The Morgan fingerprint density at radius 2 is 1.93 bits per heavy atom. The zero-order valence-electron chi connectivity index (χ0n) is 15.5. The van der Waals surface area contributed by atoms with Crippen LogP contribution in [0.25, 0.3) is 11.0 Å². The van der Waals surface area contributed by atoms with Crippen LogP contribution in [0.5, 0.6) is 0 Å². The molecule has 27 heavy (non-hydrogen) atoms. The number of hydrogen-bond donors (Lipinski definition) is 2. The Kier molecular flexibility index (Phi) is 6.49. The molecule has 0 bridgehead atoms. The minimum atomic E-state index is -0.170. The fourth-order valence-corrected chi connectivity index (χ4v) is 3.38. The van der Waals surface area contributed by atoms with E-state index in [0.717, 1.165) is 34.8 Å². The summed E-state index contributed by atoms with van der Waals surface area (Å²) in [5.74, 6) is 0.0781. The van der Waals surface area contributed by atoms with Crippen LogP contribution >= 0.6 is 11.8 Å². The Morgan fingerprint density at radius 3 is 2.63 bits per heavy atom. The summed E-state index contributed by atoms with van der Waals surface area (Å²) in [6.07, 6.45) is 1.65. The first-order chi connectivity index (χ1) is 13.2. The van der Waals surface area contributed by atoms with Gasteiger partial charge < -0.3 is 9.88 Å². The standard InChI is InChI=1S/C20H23N5OS/c1-3-25(4-2)16-11-9-15(10-12-16)13-21-24-19(26)14-27-20-22-17-7-5-6-8-18(17)23-20/h5-13H,3-4,14H2,1-2H3,(H,22,23)(H,24,26). The molecule has 1 amide bonds. The fourth-order valence-electron chi connectivity index (χ4n) is 2.70. The van der Waals surface area contributed by atoms with E-state index in [2.05, 4.69) is 51.4 Å². The Labute approximate surface area is 163 Å². The third-order valence-corrected chi connectivity index (χ3v) is 5.01. The Balaban J connectivity index is 1.48. The third kappa shape index (κ3) is 5.10. The van der Waals surface area contributed by atoms with Crippen molar-refractivity contribution >= 4 is 40.6 Å². The fraction of sp³-hybridized carbons (Fsp3) is 0.250. The average molecular weight is 382 g/mol. The highest BCUT2D eigenvalue weighted by molar-refractivity contribution is 7.99. The molecule has 3 rings (SSSR count). The lowest BCUT2D eigenvalue weighted by Gasteiger charge is -2.20. The van der Waals surface area contributed by atoms with Crippen LogP contribution in [0.3, 0.4) is 0 Å². The van der Waals surface area contributed by atoms with Gasteiger partial charge in [0.2, 0.25) is 0 Å². The number of para-hydroxylation sites is 2. The highest BCUT2D eigenvalue weighted by atomic mass is 32.2. The largest absolute Gasteiger partial charge is 0.372 e. The van der Waals surface area contributed by atoms with Crippen molar-refractivity contribution in [2.24, 2.45) is 5.10 Å². The van der Waals surface area contributed by atoms with E-state index in [4.69, 9.17) is 0 Å². The molecule has 0 saturated heterocycles. The number of hydrazone groups is 1. The van der Waals surface area contributed by atoms with Gasteiger partial charge in [-0.3, -0.25) is 4.79 Å². The van der Waals surface area contributed by atoms with Crippen LogP contribution in [0.2, 0.25) is 0 Å². The summed E-state index contributed by atoms with van der Waals surface area (Å²) in [5.41, 5.74) is 6.54. The molecule has 0 aliphatic heterocycles. The maximum atomic E-state index is 11.9. The van der Waals surface area contributed by atoms with Gasteiger partial charge >= 0.3 is 0 Å².